The number of aliphatic hydroxyl groups is 1. The van der Waals surface area contributed by atoms with Gasteiger partial charge in [0.25, 0.3) is 0 Å². The summed E-state index contributed by atoms with van der Waals surface area (Å²) in [5, 5.41) is 9.01. The Bertz CT molecular complexity index is 131. The lowest BCUT2D eigenvalue weighted by Crippen LogP contribution is -2.27. The predicted molar refractivity (Wildman–Crippen MR) is 36.5 cm³/mol. The van der Waals surface area contributed by atoms with E-state index in [1.807, 2.05) is 0 Å². The van der Waals surface area contributed by atoms with Gasteiger partial charge in [-0.25, -0.2) is 0 Å². The quantitative estimate of drug-likeness (QED) is 0.572. The Morgan fingerprint density at radius 1 is 1.70 bits per heavy atom. The largest absolute Gasteiger partial charge is 0.385 e. The van der Waals surface area contributed by atoms with Gasteiger partial charge in [-0.1, -0.05) is 13.8 Å². The maximum atomic E-state index is 10.7. The summed E-state index contributed by atoms with van der Waals surface area (Å²) in [4.78, 5) is 20.8. The highest BCUT2D eigenvalue weighted by atomic mass is 16.3. The Morgan fingerprint density at radius 2 is 2.20 bits per heavy atom. The fourth-order valence-corrected chi connectivity index (χ4v) is 0.577. The average molecular weight is 144 g/mol. The molecule has 0 unspecified atom stereocenters. The van der Waals surface area contributed by atoms with Crippen molar-refractivity contribution in [2.75, 3.05) is 0 Å². The highest BCUT2D eigenvalue weighted by Gasteiger charge is 2.19. The predicted octanol–water partition coefficient (Wildman–Crippen LogP) is 0.161. The normalized spacial score (nSPS) is 15.9. The maximum Gasteiger partial charge on any atom is 0.161 e. The Kier molecular flexibility index (Phi) is 3.88. The fraction of sp³-hybridized carbons (Fsp3) is 0.714. The lowest BCUT2D eigenvalue weighted by atomic mass is 10.0. The molecule has 0 aliphatic carbocycles. The van der Waals surface area contributed by atoms with Crippen LogP contribution in [0.15, 0.2) is 0 Å². The van der Waals surface area contributed by atoms with Gasteiger partial charge in [0.05, 0.1) is 0 Å². The van der Waals surface area contributed by atoms with Crippen molar-refractivity contribution >= 4 is 12.1 Å². The summed E-state index contributed by atoms with van der Waals surface area (Å²) in [6, 6.07) is 0. The summed E-state index contributed by atoms with van der Waals surface area (Å²) < 4.78 is 0. The first-order valence-corrected chi connectivity index (χ1v) is 3.29. The van der Waals surface area contributed by atoms with Crippen molar-refractivity contribution in [2.24, 2.45) is 5.92 Å². The van der Waals surface area contributed by atoms with E-state index in [1.54, 1.807) is 6.92 Å². The fourth-order valence-electron chi connectivity index (χ4n) is 0.577. The molecule has 0 saturated heterocycles. The van der Waals surface area contributed by atoms with Crippen LogP contribution in [0.4, 0.5) is 0 Å². The van der Waals surface area contributed by atoms with Crippen LogP contribution in [0.25, 0.3) is 0 Å². The number of carbonyl (C=O) groups is 2. The van der Waals surface area contributed by atoms with E-state index in [0.717, 1.165) is 0 Å². The molecule has 0 spiro atoms. The average Bonchev–Trinajstić information content (AvgIpc) is 2.00. The monoisotopic (exact) mass is 144 g/mol. The SMILES string of the molecule is CCC(=O)[C@H](O)[C@H](C)C=O. The van der Waals surface area contributed by atoms with Gasteiger partial charge in [0.15, 0.2) is 5.78 Å². The molecule has 1 N–H and O–H groups in total. The first-order chi connectivity index (χ1) is 4.63. The van der Waals surface area contributed by atoms with E-state index in [2.05, 4.69) is 0 Å². The molecule has 0 amide bonds. The molecule has 2 atom stereocenters. The molecule has 3 heteroatoms. The summed E-state index contributed by atoms with van der Waals surface area (Å²) in [7, 11) is 0. The van der Waals surface area contributed by atoms with Gasteiger partial charge < -0.3 is 9.90 Å². The van der Waals surface area contributed by atoms with Crippen molar-refractivity contribution < 1.29 is 14.7 Å². The molecule has 3 nitrogen and oxygen atoms in total. The molecule has 0 aromatic carbocycles. The van der Waals surface area contributed by atoms with Crippen molar-refractivity contribution in [3.8, 4) is 0 Å². The summed E-state index contributed by atoms with van der Waals surface area (Å²) in [6.07, 6.45) is -0.250. The molecule has 0 fully saturated rings. The molecule has 0 radical (unpaired) electrons. The van der Waals surface area contributed by atoms with Crippen LogP contribution in [-0.4, -0.2) is 23.3 Å². The van der Waals surface area contributed by atoms with Crippen LogP contribution >= 0.6 is 0 Å². The van der Waals surface area contributed by atoms with Crippen LogP contribution in [0.2, 0.25) is 0 Å². The Morgan fingerprint density at radius 3 is 2.50 bits per heavy atom. The molecule has 0 bridgehead atoms. The van der Waals surface area contributed by atoms with Crippen molar-refractivity contribution in [3.05, 3.63) is 0 Å². The van der Waals surface area contributed by atoms with E-state index in [4.69, 9.17) is 5.11 Å². The van der Waals surface area contributed by atoms with Crippen LogP contribution in [0, 0.1) is 5.92 Å². The van der Waals surface area contributed by atoms with Gasteiger partial charge in [-0.15, -0.1) is 0 Å². The summed E-state index contributed by atoms with van der Waals surface area (Å²) in [5.41, 5.74) is 0. The standard InChI is InChI=1S/C7H12O3/c1-3-6(9)7(10)5(2)4-8/h4-5,7,10H,3H2,1-2H3/t5-,7-/m1/s1. The van der Waals surface area contributed by atoms with Gasteiger partial charge in [0.2, 0.25) is 0 Å². The Hall–Kier alpha value is -0.700. The second kappa shape index (κ2) is 4.17. The van der Waals surface area contributed by atoms with Crippen molar-refractivity contribution in [2.45, 2.75) is 26.4 Å². The summed E-state index contributed by atoms with van der Waals surface area (Å²) in [6.45, 7) is 3.17. The van der Waals surface area contributed by atoms with Gasteiger partial charge in [-0.05, 0) is 0 Å². The molecule has 0 aliphatic rings. The van der Waals surface area contributed by atoms with Crippen LogP contribution in [0.1, 0.15) is 20.3 Å². The Labute approximate surface area is 60.0 Å². The third kappa shape index (κ3) is 2.27. The number of hydrogen-bond donors (Lipinski definition) is 1. The van der Waals surface area contributed by atoms with Gasteiger partial charge in [-0.3, -0.25) is 4.79 Å². The zero-order valence-corrected chi connectivity index (χ0v) is 6.20. The zero-order valence-electron chi connectivity index (χ0n) is 6.20. The molecule has 0 aromatic heterocycles. The minimum absolute atomic E-state index is 0.277. The molecule has 0 rings (SSSR count). The molecule has 0 saturated carbocycles. The first kappa shape index (κ1) is 9.30. The third-order valence-electron chi connectivity index (χ3n) is 1.39. The minimum Gasteiger partial charge on any atom is -0.385 e. The smallest absolute Gasteiger partial charge is 0.161 e. The van der Waals surface area contributed by atoms with Gasteiger partial charge in [-0.2, -0.15) is 0 Å². The minimum atomic E-state index is -1.11. The summed E-state index contributed by atoms with van der Waals surface area (Å²) in [5.74, 6) is -0.855. The second-order valence-corrected chi connectivity index (χ2v) is 2.26. The number of Topliss-reactive ketones (excluding diaryl/α,β-unsaturated/α-hetero) is 1. The summed E-state index contributed by atoms with van der Waals surface area (Å²) >= 11 is 0. The second-order valence-electron chi connectivity index (χ2n) is 2.26. The van der Waals surface area contributed by atoms with E-state index in [-0.39, 0.29) is 12.2 Å². The van der Waals surface area contributed by atoms with Gasteiger partial charge in [0.1, 0.15) is 12.4 Å². The van der Waals surface area contributed by atoms with Crippen LogP contribution in [0.5, 0.6) is 0 Å². The van der Waals surface area contributed by atoms with E-state index in [9.17, 15) is 9.59 Å². The van der Waals surface area contributed by atoms with Crippen LogP contribution in [0.3, 0.4) is 0 Å². The number of aldehydes is 1. The molecule has 0 heterocycles. The lowest BCUT2D eigenvalue weighted by molar-refractivity contribution is -0.132. The van der Waals surface area contributed by atoms with Gasteiger partial charge >= 0.3 is 0 Å². The highest BCUT2D eigenvalue weighted by molar-refractivity contribution is 5.85. The Balaban J connectivity index is 3.93. The highest BCUT2D eigenvalue weighted by Crippen LogP contribution is 2.01. The number of rotatable bonds is 4. The third-order valence-corrected chi connectivity index (χ3v) is 1.39. The molecular formula is C7H12O3. The number of ketones is 1. The molecule has 0 aromatic rings. The topological polar surface area (TPSA) is 54.4 Å². The number of aliphatic hydroxyl groups excluding tert-OH is 1. The number of carbonyl (C=O) groups excluding carboxylic acids is 2. The van der Waals surface area contributed by atoms with E-state index in [0.29, 0.717) is 6.29 Å². The molecule has 0 aliphatic heterocycles. The van der Waals surface area contributed by atoms with E-state index < -0.39 is 12.0 Å². The lowest BCUT2D eigenvalue weighted by Gasteiger charge is -2.09. The zero-order chi connectivity index (χ0) is 8.15. The van der Waals surface area contributed by atoms with Crippen LogP contribution in [-0.2, 0) is 9.59 Å². The van der Waals surface area contributed by atoms with Gasteiger partial charge in [0, 0.05) is 12.3 Å². The van der Waals surface area contributed by atoms with Crippen molar-refractivity contribution in [3.63, 3.8) is 0 Å². The molecular weight excluding hydrogens is 132 g/mol. The van der Waals surface area contributed by atoms with E-state index >= 15 is 0 Å². The van der Waals surface area contributed by atoms with Crippen LogP contribution < -0.4 is 0 Å². The first-order valence-electron chi connectivity index (χ1n) is 3.29. The number of hydrogen-bond acceptors (Lipinski definition) is 3. The maximum absolute atomic E-state index is 10.7. The molecule has 58 valence electrons. The molecule has 10 heavy (non-hydrogen) atoms. The van der Waals surface area contributed by atoms with Crippen molar-refractivity contribution in [1.29, 1.82) is 0 Å². The van der Waals surface area contributed by atoms with E-state index in [1.165, 1.54) is 6.92 Å². The van der Waals surface area contributed by atoms with Crippen molar-refractivity contribution in [1.82, 2.24) is 0 Å².